The Morgan fingerprint density at radius 1 is 1.64 bits per heavy atom. The zero-order chi connectivity index (χ0) is 8.43. The molecule has 0 aromatic heterocycles. The normalized spacial score (nSPS) is 31.0. The van der Waals surface area contributed by atoms with Crippen LogP contribution in [0.3, 0.4) is 0 Å². The molecule has 2 N–H and O–H groups in total. The van der Waals surface area contributed by atoms with Gasteiger partial charge in [0, 0.05) is 25.9 Å². The predicted molar refractivity (Wildman–Crippen MR) is 38.8 cm³/mol. The number of nitrogens with zero attached hydrogens (tertiary/aromatic N) is 1. The lowest BCUT2D eigenvalue weighted by Gasteiger charge is -2.11. The van der Waals surface area contributed by atoms with E-state index in [2.05, 4.69) is 0 Å². The summed E-state index contributed by atoms with van der Waals surface area (Å²) in [6.45, 7) is 2.25. The lowest BCUT2D eigenvalue weighted by atomic mass is 10.1. The Bertz CT molecular complexity index is 160. The summed E-state index contributed by atoms with van der Waals surface area (Å²) in [7, 11) is 0. The van der Waals surface area contributed by atoms with E-state index in [0.29, 0.717) is 13.1 Å². The number of carbonyl (C=O) groups excluding carboxylic acids is 1. The van der Waals surface area contributed by atoms with Crippen LogP contribution in [0.15, 0.2) is 0 Å². The van der Waals surface area contributed by atoms with Crippen LogP contribution in [0.5, 0.6) is 0 Å². The van der Waals surface area contributed by atoms with Gasteiger partial charge in [0.2, 0.25) is 5.91 Å². The molecule has 1 saturated heterocycles. The van der Waals surface area contributed by atoms with Gasteiger partial charge in [-0.2, -0.15) is 0 Å². The van der Waals surface area contributed by atoms with E-state index >= 15 is 0 Å². The quantitative estimate of drug-likeness (QED) is 0.506. The van der Waals surface area contributed by atoms with E-state index in [1.807, 2.05) is 0 Å². The first-order chi connectivity index (χ1) is 5.15. The van der Waals surface area contributed by atoms with Crippen molar-refractivity contribution < 1.29 is 15.0 Å². The maximum Gasteiger partial charge on any atom is 0.219 e. The van der Waals surface area contributed by atoms with Gasteiger partial charge in [0.1, 0.15) is 0 Å². The fourth-order valence-electron chi connectivity index (χ4n) is 1.29. The number of aliphatic hydroxyl groups excluding tert-OH is 2. The molecule has 1 rings (SSSR count). The highest BCUT2D eigenvalue weighted by molar-refractivity contribution is 5.73. The number of aliphatic hydroxyl groups is 2. The molecule has 0 aromatic rings. The minimum atomic E-state index is -0.552. The van der Waals surface area contributed by atoms with Gasteiger partial charge in [-0.05, 0) is 0 Å². The Morgan fingerprint density at radius 2 is 2.27 bits per heavy atom. The SMILES string of the molecule is CC(=O)N1CC(O)C(CO)C1. The van der Waals surface area contributed by atoms with Crippen LogP contribution in [-0.4, -0.2) is 46.8 Å². The number of β-amino-alcohol motifs (C(OH)–C–C–N with tert-alkyl or cyclic N) is 1. The summed E-state index contributed by atoms with van der Waals surface area (Å²) in [4.78, 5) is 12.3. The summed E-state index contributed by atoms with van der Waals surface area (Å²) in [6, 6.07) is 0. The van der Waals surface area contributed by atoms with Crippen LogP contribution in [0.4, 0.5) is 0 Å². The Morgan fingerprint density at radius 3 is 2.55 bits per heavy atom. The van der Waals surface area contributed by atoms with Gasteiger partial charge in [-0.15, -0.1) is 0 Å². The van der Waals surface area contributed by atoms with Crippen molar-refractivity contribution in [2.75, 3.05) is 19.7 Å². The van der Waals surface area contributed by atoms with E-state index in [-0.39, 0.29) is 18.4 Å². The smallest absolute Gasteiger partial charge is 0.219 e. The first-order valence-electron chi connectivity index (χ1n) is 3.69. The maximum atomic E-state index is 10.8. The zero-order valence-electron chi connectivity index (χ0n) is 6.53. The number of carbonyl (C=O) groups is 1. The lowest BCUT2D eigenvalue weighted by Crippen LogP contribution is -2.26. The molecule has 1 fully saturated rings. The summed E-state index contributed by atoms with van der Waals surface area (Å²) in [6.07, 6.45) is -0.552. The molecule has 1 heterocycles. The molecule has 4 nitrogen and oxygen atoms in total. The molecule has 0 aliphatic carbocycles. The highest BCUT2D eigenvalue weighted by Gasteiger charge is 2.31. The van der Waals surface area contributed by atoms with E-state index in [1.54, 1.807) is 4.90 Å². The molecule has 0 radical (unpaired) electrons. The minimum Gasteiger partial charge on any atom is -0.396 e. The van der Waals surface area contributed by atoms with Crippen LogP contribution < -0.4 is 0 Å². The molecule has 4 heteroatoms. The zero-order valence-corrected chi connectivity index (χ0v) is 6.53. The van der Waals surface area contributed by atoms with Crippen molar-refractivity contribution in [2.45, 2.75) is 13.0 Å². The Kier molecular flexibility index (Phi) is 2.46. The van der Waals surface area contributed by atoms with E-state index < -0.39 is 6.10 Å². The van der Waals surface area contributed by atoms with Crippen LogP contribution in [0, 0.1) is 5.92 Å². The summed E-state index contributed by atoms with van der Waals surface area (Å²) < 4.78 is 0. The van der Waals surface area contributed by atoms with Gasteiger partial charge in [-0.3, -0.25) is 4.79 Å². The highest BCUT2D eigenvalue weighted by atomic mass is 16.3. The molecule has 0 bridgehead atoms. The minimum absolute atomic E-state index is 0.0417. The third-order valence-electron chi connectivity index (χ3n) is 2.09. The third-order valence-corrected chi connectivity index (χ3v) is 2.09. The van der Waals surface area contributed by atoms with E-state index in [0.717, 1.165) is 0 Å². The molecule has 1 aliphatic rings. The van der Waals surface area contributed by atoms with E-state index in [9.17, 15) is 9.90 Å². The number of amides is 1. The number of rotatable bonds is 1. The van der Waals surface area contributed by atoms with Gasteiger partial charge < -0.3 is 15.1 Å². The first kappa shape index (κ1) is 8.49. The molecule has 1 aliphatic heterocycles. The first-order valence-corrected chi connectivity index (χ1v) is 3.69. The van der Waals surface area contributed by atoms with Crippen LogP contribution in [0.25, 0.3) is 0 Å². The maximum absolute atomic E-state index is 10.8. The average molecular weight is 159 g/mol. The third kappa shape index (κ3) is 1.70. The van der Waals surface area contributed by atoms with Gasteiger partial charge in [0.25, 0.3) is 0 Å². The molecule has 2 atom stereocenters. The van der Waals surface area contributed by atoms with Crippen molar-refractivity contribution in [3.05, 3.63) is 0 Å². The molecule has 0 spiro atoms. The molecule has 2 unspecified atom stereocenters. The second kappa shape index (κ2) is 3.19. The van der Waals surface area contributed by atoms with Crippen molar-refractivity contribution in [2.24, 2.45) is 5.92 Å². The number of hydrogen-bond acceptors (Lipinski definition) is 3. The van der Waals surface area contributed by atoms with Gasteiger partial charge in [0.15, 0.2) is 0 Å². The van der Waals surface area contributed by atoms with Crippen molar-refractivity contribution in [1.82, 2.24) is 4.90 Å². The van der Waals surface area contributed by atoms with E-state index in [4.69, 9.17) is 5.11 Å². The molecule has 11 heavy (non-hydrogen) atoms. The Labute approximate surface area is 65.4 Å². The van der Waals surface area contributed by atoms with Crippen LogP contribution in [-0.2, 0) is 4.79 Å². The van der Waals surface area contributed by atoms with Crippen LogP contribution in [0.1, 0.15) is 6.92 Å². The lowest BCUT2D eigenvalue weighted by molar-refractivity contribution is -0.128. The molecular weight excluding hydrogens is 146 g/mol. The van der Waals surface area contributed by atoms with Crippen molar-refractivity contribution in [3.8, 4) is 0 Å². The fraction of sp³-hybridized carbons (Fsp3) is 0.857. The van der Waals surface area contributed by atoms with Crippen LogP contribution >= 0.6 is 0 Å². The molecule has 0 saturated carbocycles. The summed E-state index contributed by atoms with van der Waals surface area (Å²) in [5, 5.41) is 18.0. The largest absolute Gasteiger partial charge is 0.396 e. The molecule has 1 amide bonds. The average Bonchev–Trinajstić information content (AvgIpc) is 2.31. The van der Waals surface area contributed by atoms with Gasteiger partial charge >= 0.3 is 0 Å². The highest BCUT2D eigenvalue weighted by Crippen LogP contribution is 2.15. The van der Waals surface area contributed by atoms with Gasteiger partial charge in [-0.1, -0.05) is 0 Å². The Hall–Kier alpha value is -0.610. The Balaban J connectivity index is 2.49. The van der Waals surface area contributed by atoms with Gasteiger partial charge in [-0.25, -0.2) is 0 Å². The van der Waals surface area contributed by atoms with E-state index in [1.165, 1.54) is 6.92 Å². The molecular formula is C7H13NO3. The molecule has 64 valence electrons. The standard InChI is InChI=1S/C7H13NO3/c1-5(10)8-2-6(4-9)7(11)3-8/h6-7,9,11H,2-4H2,1H3. The number of likely N-dealkylation sites (tertiary alicyclic amines) is 1. The van der Waals surface area contributed by atoms with Crippen molar-refractivity contribution in [3.63, 3.8) is 0 Å². The second-order valence-electron chi connectivity index (χ2n) is 2.93. The van der Waals surface area contributed by atoms with Crippen LogP contribution in [0.2, 0.25) is 0 Å². The topological polar surface area (TPSA) is 60.8 Å². The summed E-state index contributed by atoms with van der Waals surface area (Å²) >= 11 is 0. The van der Waals surface area contributed by atoms with Crippen molar-refractivity contribution in [1.29, 1.82) is 0 Å². The second-order valence-corrected chi connectivity index (χ2v) is 2.93. The summed E-state index contributed by atoms with van der Waals surface area (Å²) in [5.41, 5.74) is 0. The fourth-order valence-corrected chi connectivity index (χ4v) is 1.29. The monoisotopic (exact) mass is 159 g/mol. The number of hydrogen-bond donors (Lipinski definition) is 2. The van der Waals surface area contributed by atoms with Gasteiger partial charge in [0.05, 0.1) is 12.7 Å². The molecule has 0 aromatic carbocycles. The van der Waals surface area contributed by atoms with Crippen molar-refractivity contribution >= 4 is 5.91 Å². The summed E-state index contributed by atoms with van der Waals surface area (Å²) in [5.74, 6) is -0.195. The predicted octanol–water partition coefficient (Wildman–Crippen LogP) is -1.18.